The van der Waals surface area contributed by atoms with Gasteiger partial charge in [-0.2, -0.15) is 0 Å². The summed E-state index contributed by atoms with van der Waals surface area (Å²) in [6.07, 6.45) is 7.70. The Kier molecular flexibility index (Phi) is 5.13. The predicted molar refractivity (Wildman–Crippen MR) is 105 cm³/mol. The van der Waals surface area contributed by atoms with Crippen molar-refractivity contribution in [1.82, 2.24) is 15.5 Å². The van der Waals surface area contributed by atoms with Crippen molar-refractivity contribution in [3.05, 3.63) is 35.4 Å². The standard InChI is InChI=1S/C22H29N3O3/c1-15-8-2-5-12-18(15)23-19(26)14-25-20(27)22(24-21(25)28)13-7-6-10-16-9-3-4-11-17(16)22/h3-4,9,11,15,18H,2,5-8,10,12-14H2,1H3,(H,23,26)(H,24,28). The molecule has 1 heterocycles. The van der Waals surface area contributed by atoms with Gasteiger partial charge in [0.05, 0.1) is 0 Å². The number of nitrogens with zero attached hydrogens (tertiary/aromatic N) is 1. The highest BCUT2D eigenvalue weighted by atomic mass is 16.2. The fraction of sp³-hybridized carbons (Fsp3) is 0.591. The van der Waals surface area contributed by atoms with Crippen molar-refractivity contribution >= 4 is 17.8 Å². The van der Waals surface area contributed by atoms with E-state index in [1.54, 1.807) is 0 Å². The van der Waals surface area contributed by atoms with E-state index in [-0.39, 0.29) is 24.4 Å². The van der Waals surface area contributed by atoms with Gasteiger partial charge in [0.2, 0.25) is 5.91 Å². The number of nitrogens with one attached hydrogen (secondary N) is 2. The second kappa shape index (κ2) is 7.57. The number of fused-ring (bicyclic) bond motifs is 2. The maximum Gasteiger partial charge on any atom is 0.325 e. The molecule has 2 fully saturated rings. The molecule has 1 aliphatic heterocycles. The Morgan fingerprint density at radius 2 is 1.96 bits per heavy atom. The summed E-state index contributed by atoms with van der Waals surface area (Å²) in [5.74, 6) is -0.110. The molecule has 150 valence electrons. The van der Waals surface area contributed by atoms with Crippen LogP contribution in [0.3, 0.4) is 0 Å². The van der Waals surface area contributed by atoms with Gasteiger partial charge < -0.3 is 10.6 Å². The summed E-state index contributed by atoms with van der Waals surface area (Å²) in [6.45, 7) is 1.94. The molecule has 4 amide bonds. The third kappa shape index (κ3) is 3.29. The topological polar surface area (TPSA) is 78.5 Å². The van der Waals surface area contributed by atoms with E-state index in [2.05, 4.69) is 17.6 Å². The number of rotatable bonds is 3. The number of urea groups is 1. The highest BCUT2D eigenvalue weighted by molar-refractivity contribution is 6.09. The summed E-state index contributed by atoms with van der Waals surface area (Å²) >= 11 is 0. The fourth-order valence-electron chi connectivity index (χ4n) is 5.04. The van der Waals surface area contributed by atoms with Gasteiger partial charge in [0.15, 0.2) is 0 Å². The van der Waals surface area contributed by atoms with Gasteiger partial charge in [-0.15, -0.1) is 0 Å². The molecule has 3 unspecified atom stereocenters. The molecule has 6 heteroatoms. The fourth-order valence-corrected chi connectivity index (χ4v) is 5.04. The third-order valence-corrected chi connectivity index (χ3v) is 6.66. The van der Waals surface area contributed by atoms with Crippen LogP contribution in [-0.2, 0) is 21.5 Å². The third-order valence-electron chi connectivity index (χ3n) is 6.66. The molecule has 3 aliphatic rings. The van der Waals surface area contributed by atoms with Gasteiger partial charge in [-0.05, 0) is 55.6 Å². The number of hydrogen-bond donors (Lipinski definition) is 2. The lowest BCUT2D eigenvalue weighted by Gasteiger charge is -2.30. The number of carbonyl (C=O) groups is 3. The first-order chi connectivity index (χ1) is 13.5. The Bertz CT molecular complexity index is 793. The monoisotopic (exact) mass is 383 g/mol. The van der Waals surface area contributed by atoms with E-state index in [1.165, 1.54) is 6.42 Å². The van der Waals surface area contributed by atoms with Crippen LogP contribution < -0.4 is 10.6 Å². The summed E-state index contributed by atoms with van der Waals surface area (Å²) < 4.78 is 0. The zero-order valence-corrected chi connectivity index (χ0v) is 16.5. The first-order valence-corrected chi connectivity index (χ1v) is 10.5. The zero-order chi connectivity index (χ0) is 19.7. The Labute approximate surface area is 166 Å². The minimum Gasteiger partial charge on any atom is -0.352 e. The van der Waals surface area contributed by atoms with Gasteiger partial charge >= 0.3 is 6.03 Å². The van der Waals surface area contributed by atoms with Gasteiger partial charge in [0.25, 0.3) is 5.91 Å². The highest BCUT2D eigenvalue weighted by Gasteiger charge is 2.53. The van der Waals surface area contributed by atoms with Gasteiger partial charge in [0.1, 0.15) is 12.1 Å². The molecule has 0 bridgehead atoms. The van der Waals surface area contributed by atoms with E-state index in [0.717, 1.165) is 54.6 Å². The van der Waals surface area contributed by atoms with Crippen molar-refractivity contribution in [3.63, 3.8) is 0 Å². The van der Waals surface area contributed by atoms with Crippen molar-refractivity contribution in [2.75, 3.05) is 6.54 Å². The van der Waals surface area contributed by atoms with Gasteiger partial charge in [-0.25, -0.2) is 4.79 Å². The number of benzene rings is 1. The predicted octanol–water partition coefficient (Wildman–Crippen LogP) is 2.86. The minimum absolute atomic E-state index is 0.134. The van der Waals surface area contributed by atoms with Crippen molar-refractivity contribution in [2.45, 2.75) is 69.9 Å². The molecule has 2 aliphatic carbocycles. The molecular weight excluding hydrogens is 354 g/mol. The smallest absolute Gasteiger partial charge is 0.325 e. The molecule has 1 aromatic carbocycles. The van der Waals surface area contributed by atoms with Crippen molar-refractivity contribution in [2.24, 2.45) is 5.92 Å². The van der Waals surface area contributed by atoms with Crippen molar-refractivity contribution < 1.29 is 14.4 Å². The van der Waals surface area contributed by atoms with Crippen LogP contribution in [0.1, 0.15) is 63.0 Å². The van der Waals surface area contributed by atoms with Crippen molar-refractivity contribution in [1.29, 1.82) is 0 Å². The first kappa shape index (κ1) is 19.0. The summed E-state index contributed by atoms with van der Waals surface area (Å²) in [5.41, 5.74) is 0.966. The molecule has 1 aromatic rings. The molecule has 4 rings (SSSR count). The largest absolute Gasteiger partial charge is 0.352 e. The maximum atomic E-state index is 13.4. The molecule has 3 atom stereocenters. The van der Waals surface area contributed by atoms with Gasteiger partial charge in [-0.3, -0.25) is 14.5 Å². The lowest BCUT2D eigenvalue weighted by molar-refractivity contribution is -0.135. The molecule has 2 N–H and O–H groups in total. The number of imide groups is 1. The van der Waals surface area contributed by atoms with Crippen LogP contribution in [0.4, 0.5) is 4.79 Å². The molecular formula is C22H29N3O3. The second-order valence-electron chi connectivity index (χ2n) is 8.53. The Balaban J connectivity index is 1.52. The van der Waals surface area contributed by atoms with E-state index in [9.17, 15) is 14.4 Å². The van der Waals surface area contributed by atoms with Gasteiger partial charge in [0, 0.05) is 6.04 Å². The maximum absolute atomic E-state index is 13.4. The normalized spacial score (nSPS) is 30.0. The van der Waals surface area contributed by atoms with E-state index in [4.69, 9.17) is 0 Å². The van der Waals surface area contributed by atoms with E-state index in [1.807, 2.05) is 24.3 Å². The van der Waals surface area contributed by atoms with E-state index >= 15 is 0 Å². The lowest BCUT2D eigenvalue weighted by Crippen LogP contribution is -2.48. The zero-order valence-electron chi connectivity index (χ0n) is 16.5. The summed E-state index contributed by atoms with van der Waals surface area (Å²) in [4.78, 5) is 39.8. The molecule has 0 aromatic heterocycles. The van der Waals surface area contributed by atoms with Crippen LogP contribution in [0.25, 0.3) is 0 Å². The molecule has 1 saturated carbocycles. The molecule has 1 spiro atoms. The molecule has 1 saturated heterocycles. The number of amides is 4. The summed E-state index contributed by atoms with van der Waals surface area (Å²) in [6, 6.07) is 7.51. The number of hydrogen-bond acceptors (Lipinski definition) is 3. The Morgan fingerprint density at radius 1 is 1.18 bits per heavy atom. The van der Waals surface area contributed by atoms with Crippen LogP contribution >= 0.6 is 0 Å². The molecule has 0 radical (unpaired) electrons. The van der Waals surface area contributed by atoms with Gasteiger partial charge in [-0.1, -0.05) is 44.0 Å². The Hall–Kier alpha value is -2.37. The number of aryl methyl sites for hydroxylation is 1. The highest BCUT2D eigenvalue weighted by Crippen LogP contribution is 2.38. The van der Waals surface area contributed by atoms with Crippen LogP contribution in [0.5, 0.6) is 0 Å². The van der Waals surface area contributed by atoms with Crippen LogP contribution in [-0.4, -0.2) is 35.3 Å². The molecule has 6 nitrogen and oxygen atoms in total. The molecule has 28 heavy (non-hydrogen) atoms. The van der Waals surface area contributed by atoms with Crippen LogP contribution in [0, 0.1) is 5.92 Å². The average Bonchev–Trinajstić information content (AvgIpc) is 2.83. The average molecular weight is 383 g/mol. The lowest BCUT2D eigenvalue weighted by atomic mass is 9.84. The Morgan fingerprint density at radius 3 is 2.79 bits per heavy atom. The van der Waals surface area contributed by atoms with Crippen LogP contribution in [0.15, 0.2) is 24.3 Å². The van der Waals surface area contributed by atoms with E-state index < -0.39 is 11.6 Å². The van der Waals surface area contributed by atoms with E-state index in [0.29, 0.717) is 12.3 Å². The minimum atomic E-state index is -1.03. The number of carbonyl (C=O) groups excluding carboxylic acids is 3. The quantitative estimate of drug-likeness (QED) is 0.788. The van der Waals surface area contributed by atoms with Crippen molar-refractivity contribution in [3.8, 4) is 0 Å². The SMILES string of the molecule is CC1CCCCC1NC(=O)CN1C(=O)NC2(CCCCc3ccccc32)C1=O. The summed E-state index contributed by atoms with van der Waals surface area (Å²) in [5, 5.41) is 5.99. The second-order valence-corrected chi connectivity index (χ2v) is 8.53. The summed E-state index contributed by atoms with van der Waals surface area (Å²) in [7, 11) is 0. The van der Waals surface area contributed by atoms with Crippen LogP contribution in [0.2, 0.25) is 0 Å². The first-order valence-electron chi connectivity index (χ1n) is 10.5.